The maximum absolute atomic E-state index is 13.5. The van der Waals surface area contributed by atoms with Gasteiger partial charge in [-0.2, -0.15) is 0 Å². The Labute approximate surface area is 178 Å². The normalized spacial score (nSPS) is 16.8. The predicted octanol–water partition coefficient (Wildman–Crippen LogP) is 3.16. The molecule has 0 saturated carbocycles. The standard InChI is InChI=1S/C24H31N3O3/c1-17-8-9-19(18(2)15-17)25-11-13-26(14-12-25)24(29)23-20-7-5-4-6-10-27(20)22(28)16-21(23)30-3/h8-9,15-16H,4-7,10-14H2,1-3H3. The molecule has 0 radical (unpaired) electrons. The van der Waals surface area contributed by atoms with Crippen molar-refractivity contribution in [2.45, 2.75) is 46.1 Å². The maximum Gasteiger partial charge on any atom is 0.259 e. The molecule has 0 bridgehead atoms. The topological polar surface area (TPSA) is 54.8 Å². The summed E-state index contributed by atoms with van der Waals surface area (Å²) in [4.78, 5) is 30.4. The number of pyridine rings is 1. The fraction of sp³-hybridized carbons (Fsp3) is 0.500. The highest BCUT2D eigenvalue weighted by Crippen LogP contribution is 2.28. The highest BCUT2D eigenvalue weighted by atomic mass is 16.5. The van der Waals surface area contributed by atoms with Gasteiger partial charge in [-0.1, -0.05) is 24.1 Å². The van der Waals surface area contributed by atoms with Crippen molar-refractivity contribution in [3.63, 3.8) is 0 Å². The lowest BCUT2D eigenvalue weighted by atomic mass is 10.0. The van der Waals surface area contributed by atoms with Gasteiger partial charge in [-0.15, -0.1) is 0 Å². The van der Waals surface area contributed by atoms with Crippen molar-refractivity contribution in [1.29, 1.82) is 0 Å². The highest BCUT2D eigenvalue weighted by Gasteiger charge is 2.29. The molecule has 6 nitrogen and oxygen atoms in total. The minimum absolute atomic E-state index is 0.0159. The van der Waals surface area contributed by atoms with Crippen LogP contribution in [0.2, 0.25) is 0 Å². The van der Waals surface area contributed by atoms with Crippen molar-refractivity contribution >= 4 is 11.6 Å². The number of hydrogen-bond acceptors (Lipinski definition) is 4. The Morgan fingerprint density at radius 1 is 0.967 bits per heavy atom. The Hall–Kier alpha value is -2.76. The predicted molar refractivity (Wildman–Crippen MR) is 119 cm³/mol. The number of nitrogens with zero attached hydrogens (tertiary/aromatic N) is 3. The second kappa shape index (κ2) is 8.54. The average Bonchev–Trinajstić information content (AvgIpc) is 3.00. The second-order valence-corrected chi connectivity index (χ2v) is 8.40. The molecule has 3 heterocycles. The average molecular weight is 410 g/mol. The van der Waals surface area contributed by atoms with E-state index in [4.69, 9.17) is 4.74 Å². The van der Waals surface area contributed by atoms with Crippen LogP contribution in [0.5, 0.6) is 5.75 Å². The van der Waals surface area contributed by atoms with Crippen molar-refractivity contribution in [3.8, 4) is 5.75 Å². The molecule has 2 aromatic rings. The van der Waals surface area contributed by atoms with Crippen LogP contribution in [0.4, 0.5) is 5.69 Å². The molecular formula is C24H31N3O3. The number of benzene rings is 1. The molecule has 1 saturated heterocycles. The SMILES string of the molecule is COc1cc(=O)n2c(c1C(=O)N1CCN(c3ccc(C)cc3C)CC1)CCCCC2. The van der Waals surface area contributed by atoms with Crippen LogP contribution >= 0.6 is 0 Å². The molecular weight excluding hydrogens is 378 g/mol. The number of amides is 1. The van der Waals surface area contributed by atoms with Gasteiger partial charge in [0.1, 0.15) is 11.3 Å². The van der Waals surface area contributed by atoms with Gasteiger partial charge < -0.3 is 19.1 Å². The van der Waals surface area contributed by atoms with E-state index in [1.54, 1.807) is 4.57 Å². The van der Waals surface area contributed by atoms with Crippen molar-refractivity contribution < 1.29 is 9.53 Å². The fourth-order valence-corrected chi connectivity index (χ4v) is 4.78. The Morgan fingerprint density at radius 3 is 2.43 bits per heavy atom. The number of aromatic nitrogens is 1. The van der Waals surface area contributed by atoms with Crippen LogP contribution in [0, 0.1) is 13.8 Å². The summed E-state index contributed by atoms with van der Waals surface area (Å²) >= 11 is 0. The van der Waals surface area contributed by atoms with Gasteiger partial charge in [-0.05, 0) is 44.7 Å². The number of methoxy groups -OCH3 is 1. The fourth-order valence-electron chi connectivity index (χ4n) is 4.78. The molecule has 1 aromatic carbocycles. The molecule has 6 heteroatoms. The van der Waals surface area contributed by atoms with Crippen molar-refractivity contribution in [1.82, 2.24) is 9.47 Å². The van der Waals surface area contributed by atoms with Gasteiger partial charge in [0.2, 0.25) is 0 Å². The first kappa shape index (κ1) is 20.5. The van der Waals surface area contributed by atoms with E-state index in [0.717, 1.165) is 44.5 Å². The molecule has 1 amide bonds. The minimum atomic E-state index is -0.0695. The number of hydrogen-bond donors (Lipinski definition) is 0. The van der Waals surface area contributed by atoms with Gasteiger partial charge in [0.25, 0.3) is 11.5 Å². The van der Waals surface area contributed by atoms with Crippen LogP contribution in [0.1, 0.15) is 46.4 Å². The summed E-state index contributed by atoms with van der Waals surface area (Å²) in [7, 11) is 1.54. The molecule has 2 aliphatic heterocycles. The summed E-state index contributed by atoms with van der Waals surface area (Å²) in [6, 6.07) is 8.00. The molecule has 160 valence electrons. The molecule has 0 spiro atoms. The number of piperazine rings is 1. The van der Waals surface area contributed by atoms with E-state index in [1.807, 2.05) is 4.90 Å². The van der Waals surface area contributed by atoms with Gasteiger partial charge in [-0.3, -0.25) is 9.59 Å². The monoisotopic (exact) mass is 409 g/mol. The summed E-state index contributed by atoms with van der Waals surface area (Å²) in [5.41, 5.74) is 5.13. The summed E-state index contributed by atoms with van der Waals surface area (Å²) in [6.07, 6.45) is 3.79. The number of fused-ring (bicyclic) bond motifs is 1. The number of anilines is 1. The first-order valence-corrected chi connectivity index (χ1v) is 10.9. The van der Waals surface area contributed by atoms with E-state index in [2.05, 4.69) is 36.9 Å². The maximum atomic E-state index is 13.5. The third-order valence-electron chi connectivity index (χ3n) is 6.37. The Morgan fingerprint density at radius 2 is 1.73 bits per heavy atom. The van der Waals surface area contributed by atoms with Gasteiger partial charge in [0, 0.05) is 50.2 Å². The van der Waals surface area contributed by atoms with E-state index in [1.165, 1.54) is 30.0 Å². The van der Waals surface area contributed by atoms with Gasteiger partial charge >= 0.3 is 0 Å². The van der Waals surface area contributed by atoms with Crippen LogP contribution in [0.15, 0.2) is 29.1 Å². The molecule has 0 atom stereocenters. The third kappa shape index (κ3) is 3.83. The van der Waals surface area contributed by atoms with Crippen molar-refractivity contribution in [3.05, 3.63) is 57.0 Å². The van der Waals surface area contributed by atoms with Crippen molar-refractivity contribution in [2.24, 2.45) is 0 Å². The zero-order chi connectivity index (χ0) is 21.3. The van der Waals surface area contributed by atoms with E-state index < -0.39 is 0 Å². The molecule has 2 aliphatic rings. The zero-order valence-electron chi connectivity index (χ0n) is 18.2. The van der Waals surface area contributed by atoms with E-state index in [-0.39, 0.29) is 11.5 Å². The first-order chi connectivity index (χ1) is 14.5. The second-order valence-electron chi connectivity index (χ2n) is 8.40. The van der Waals surface area contributed by atoms with Crippen LogP contribution in [0.25, 0.3) is 0 Å². The van der Waals surface area contributed by atoms with Crippen LogP contribution in [-0.2, 0) is 13.0 Å². The minimum Gasteiger partial charge on any atom is -0.496 e. The highest BCUT2D eigenvalue weighted by molar-refractivity contribution is 5.98. The van der Waals surface area contributed by atoms with Gasteiger partial charge in [0.15, 0.2) is 0 Å². The largest absolute Gasteiger partial charge is 0.496 e. The Balaban J connectivity index is 1.58. The number of aryl methyl sites for hydroxylation is 2. The van der Waals surface area contributed by atoms with Gasteiger partial charge in [0.05, 0.1) is 7.11 Å². The van der Waals surface area contributed by atoms with Crippen LogP contribution in [0.3, 0.4) is 0 Å². The number of carbonyl (C=O) groups excluding carboxylic acids is 1. The quantitative estimate of drug-likeness (QED) is 0.781. The lowest BCUT2D eigenvalue weighted by Crippen LogP contribution is -2.49. The van der Waals surface area contributed by atoms with E-state index >= 15 is 0 Å². The van der Waals surface area contributed by atoms with Crippen LogP contribution in [-0.4, -0.2) is 48.7 Å². The Bertz CT molecular complexity index is 1000. The number of ether oxygens (including phenoxy) is 1. The molecule has 4 rings (SSSR count). The molecule has 30 heavy (non-hydrogen) atoms. The molecule has 0 aliphatic carbocycles. The molecule has 1 fully saturated rings. The summed E-state index contributed by atoms with van der Waals surface area (Å²) in [5.74, 6) is 0.396. The lowest BCUT2D eigenvalue weighted by Gasteiger charge is -2.37. The van der Waals surface area contributed by atoms with Gasteiger partial charge in [-0.25, -0.2) is 0 Å². The first-order valence-electron chi connectivity index (χ1n) is 10.9. The summed E-state index contributed by atoms with van der Waals surface area (Å²) < 4.78 is 7.28. The molecule has 0 unspecified atom stereocenters. The summed E-state index contributed by atoms with van der Waals surface area (Å²) in [6.45, 7) is 7.84. The third-order valence-corrected chi connectivity index (χ3v) is 6.37. The van der Waals surface area contributed by atoms with E-state index in [9.17, 15) is 9.59 Å². The molecule has 0 N–H and O–H groups in total. The summed E-state index contributed by atoms with van der Waals surface area (Å²) in [5, 5.41) is 0. The molecule has 1 aromatic heterocycles. The number of rotatable bonds is 3. The van der Waals surface area contributed by atoms with E-state index in [0.29, 0.717) is 30.9 Å². The Kier molecular flexibility index (Phi) is 5.84. The smallest absolute Gasteiger partial charge is 0.259 e. The van der Waals surface area contributed by atoms with Crippen LogP contribution < -0.4 is 15.2 Å². The number of carbonyl (C=O) groups is 1. The lowest BCUT2D eigenvalue weighted by molar-refractivity contribution is 0.0741. The van der Waals surface area contributed by atoms with Crippen molar-refractivity contribution in [2.75, 3.05) is 38.2 Å². The zero-order valence-corrected chi connectivity index (χ0v) is 18.2.